The van der Waals surface area contributed by atoms with Crippen LogP contribution in [0.4, 0.5) is 8.78 Å². The van der Waals surface area contributed by atoms with Crippen molar-refractivity contribution >= 4 is 15.9 Å². The van der Waals surface area contributed by atoms with Crippen LogP contribution in [0.2, 0.25) is 0 Å². The van der Waals surface area contributed by atoms with Crippen molar-refractivity contribution in [1.82, 2.24) is 0 Å². The fourth-order valence-electron chi connectivity index (χ4n) is 1.76. The number of aliphatic hydroxyl groups is 1. The lowest BCUT2D eigenvalue weighted by Gasteiger charge is -2.15. The minimum absolute atomic E-state index is 0.140. The summed E-state index contributed by atoms with van der Waals surface area (Å²) >= 11 is 3.22. The Morgan fingerprint density at radius 3 is 2.50 bits per heavy atom. The molecule has 0 saturated heterocycles. The minimum Gasteiger partial charge on any atom is -0.384 e. The van der Waals surface area contributed by atoms with E-state index in [9.17, 15) is 13.9 Å². The molecule has 0 amide bonds. The molecule has 0 aliphatic rings. The van der Waals surface area contributed by atoms with Gasteiger partial charge in [-0.2, -0.15) is 0 Å². The molecule has 4 heteroatoms. The first-order chi connectivity index (χ1) is 8.49. The summed E-state index contributed by atoms with van der Waals surface area (Å²) in [6, 6.07) is 8.41. The standard InChI is InChI=1S/C14H11BrF2O/c1-8-2-5-13(17)11(6-8)14(18)10-7-9(16)3-4-12(10)15/h2-7,14,18H,1H3. The van der Waals surface area contributed by atoms with E-state index in [-0.39, 0.29) is 5.56 Å². The molecule has 2 aromatic carbocycles. The highest BCUT2D eigenvalue weighted by atomic mass is 79.9. The van der Waals surface area contributed by atoms with Crippen LogP contribution in [-0.4, -0.2) is 5.11 Å². The van der Waals surface area contributed by atoms with Gasteiger partial charge in [-0.05, 0) is 31.2 Å². The van der Waals surface area contributed by atoms with Gasteiger partial charge < -0.3 is 5.11 Å². The van der Waals surface area contributed by atoms with Crippen molar-refractivity contribution in [1.29, 1.82) is 0 Å². The maximum Gasteiger partial charge on any atom is 0.129 e. The van der Waals surface area contributed by atoms with Gasteiger partial charge in [0.1, 0.15) is 17.7 Å². The van der Waals surface area contributed by atoms with Gasteiger partial charge in [0.15, 0.2) is 0 Å². The topological polar surface area (TPSA) is 20.2 Å². The lowest BCUT2D eigenvalue weighted by molar-refractivity contribution is 0.213. The predicted octanol–water partition coefficient (Wildman–Crippen LogP) is 4.12. The molecule has 0 radical (unpaired) electrons. The van der Waals surface area contributed by atoms with Gasteiger partial charge in [0.25, 0.3) is 0 Å². The Kier molecular flexibility index (Phi) is 3.78. The van der Waals surface area contributed by atoms with Crippen LogP contribution in [0.1, 0.15) is 22.8 Å². The normalized spacial score (nSPS) is 12.5. The zero-order valence-electron chi connectivity index (χ0n) is 9.62. The molecule has 0 bridgehead atoms. The number of aryl methyl sites for hydroxylation is 1. The van der Waals surface area contributed by atoms with E-state index in [0.29, 0.717) is 10.0 Å². The third-order valence-corrected chi connectivity index (χ3v) is 3.42. The average molecular weight is 313 g/mol. The average Bonchev–Trinajstić information content (AvgIpc) is 2.34. The first-order valence-electron chi connectivity index (χ1n) is 5.38. The fourth-order valence-corrected chi connectivity index (χ4v) is 2.23. The van der Waals surface area contributed by atoms with Gasteiger partial charge in [-0.25, -0.2) is 8.78 Å². The van der Waals surface area contributed by atoms with Gasteiger partial charge in [0.2, 0.25) is 0 Å². The number of hydrogen-bond donors (Lipinski definition) is 1. The monoisotopic (exact) mass is 312 g/mol. The number of benzene rings is 2. The van der Waals surface area contributed by atoms with E-state index in [2.05, 4.69) is 15.9 Å². The fraction of sp³-hybridized carbons (Fsp3) is 0.143. The van der Waals surface area contributed by atoms with E-state index < -0.39 is 17.7 Å². The van der Waals surface area contributed by atoms with Gasteiger partial charge in [0.05, 0.1) is 0 Å². The number of halogens is 3. The van der Waals surface area contributed by atoms with Crippen molar-refractivity contribution in [3.63, 3.8) is 0 Å². The van der Waals surface area contributed by atoms with Gasteiger partial charge in [0, 0.05) is 15.6 Å². The van der Waals surface area contributed by atoms with E-state index in [4.69, 9.17) is 0 Å². The molecular formula is C14H11BrF2O. The Morgan fingerprint density at radius 1 is 1.06 bits per heavy atom. The largest absolute Gasteiger partial charge is 0.384 e. The molecule has 0 spiro atoms. The van der Waals surface area contributed by atoms with Crippen molar-refractivity contribution < 1.29 is 13.9 Å². The minimum atomic E-state index is -1.20. The van der Waals surface area contributed by atoms with E-state index in [1.807, 2.05) is 0 Å². The summed E-state index contributed by atoms with van der Waals surface area (Å²) in [6.45, 7) is 1.80. The Balaban J connectivity index is 2.50. The number of hydrogen-bond acceptors (Lipinski definition) is 1. The SMILES string of the molecule is Cc1ccc(F)c(C(O)c2cc(F)ccc2Br)c1. The Labute approximate surface area is 112 Å². The molecule has 2 rings (SSSR count). The smallest absolute Gasteiger partial charge is 0.129 e. The van der Waals surface area contributed by atoms with E-state index in [0.717, 1.165) is 5.56 Å². The van der Waals surface area contributed by atoms with Gasteiger partial charge in [-0.3, -0.25) is 0 Å². The van der Waals surface area contributed by atoms with Crippen LogP contribution in [-0.2, 0) is 0 Å². The van der Waals surface area contributed by atoms with E-state index in [1.54, 1.807) is 19.1 Å². The van der Waals surface area contributed by atoms with Crippen LogP contribution in [0.15, 0.2) is 40.9 Å². The van der Waals surface area contributed by atoms with Gasteiger partial charge >= 0.3 is 0 Å². The summed E-state index contributed by atoms with van der Waals surface area (Å²) in [6.07, 6.45) is -1.20. The predicted molar refractivity (Wildman–Crippen MR) is 69.3 cm³/mol. The molecule has 0 aliphatic heterocycles. The van der Waals surface area contributed by atoms with Crippen molar-refractivity contribution in [2.24, 2.45) is 0 Å². The summed E-state index contributed by atoms with van der Waals surface area (Å²) in [5.74, 6) is -0.982. The first-order valence-corrected chi connectivity index (χ1v) is 6.17. The molecule has 2 aromatic rings. The summed E-state index contributed by atoms with van der Waals surface area (Å²) in [4.78, 5) is 0. The summed E-state index contributed by atoms with van der Waals surface area (Å²) in [5.41, 5.74) is 1.28. The molecule has 0 saturated carbocycles. The van der Waals surface area contributed by atoms with Gasteiger partial charge in [-0.15, -0.1) is 0 Å². The molecule has 1 N–H and O–H groups in total. The Hall–Kier alpha value is -1.26. The second kappa shape index (κ2) is 5.16. The molecule has 94 valence electrons. The molecule has 1 atom stereocenters. The third-order valence-electron chi connectivity index (χ3n) is 2.70. The highest BCUT2D eigenvalue weighted by Gasteiger charge is 2.18. The Bertz CT molecular complexity index is 533. The van der Waals surface area contributed by atoms with Crippen molar-refractivity contribution in [3.8, 4) is 0 Å². The zero-order chi connectivity index (χ0) is 13.3. The highest BCUT2D eigenvalue weighted by Crippen LogP contribution is 2.30. The second-order valence-corrected chi connectivity index (χ2v) is 4.95. The lowest BCUT2D eigenvalue weighted by atomic mass is 9.99. The number of rotatable bonds is 2. The van der Waals surface area contributed by atoms with Crippen LogP contribution < -0.4 is 0 Å². The molecule has 0 fully saturated rings. The van der Waals surface area contributed by atoms with E-state index in [1.165, 1.54) is 24.3 Å². The molecule has 0 aromatic heterocycles. The van der Waals surface area contributed by atoms with Crippen LogP contribution >= 0.6 is 15.9 Å². The molecule has 0 heterocycles. The molecule has 18 heavy (non-hydrogen) atoms. The van der Waals surface area contributed by atoms with Crippen LogP contribution in [0.3, 0.4) is 0 Å². The maximum absolute atomic E-state index is 13.7. The van der Waals surface area contributed by atoms with E-state index >= 15 is 0 Å². The Morgan fingerprint density at radius 2 is 1.78 bits per heavy atom. The van der Waals surface area contributed by atoms with Crippen LogP contribution in [0, 0.1) is 18.6 Å². The lowest BCUT2D eigenvalue weighted by Crippen LogP contribution is -2.04. The first kappa shape index (κ1) is 13.2. The van der Waals surface area contributed by atoms with Crippen LogP contribution in [0.5, 0.6) is 0 Å². The van der Waals surface area contributed by atoms with Crippen molar-refractivity contribution in [3.05, 3.63) is 69.2 Å². The molecule has 0 aliphatic carbocycles. The quantitative estimate of drug-likeness (QED) is 0.884. The molecular weight excluding hydrogens is 302 g/mol. The summed E-state index contributed by atoms with van der Waals surface area (Å²) < 4.78 is 27.4. The summed E-state index contributed by atoms with van der Waals surface area (Å²) in [7, 11) is 0. The molecule has 1 nitrogen and oxygen atoms in total. The van der Waals surface area contributed by atoms with Gasteiger partial charge in [-0.1, -0.05) is 33.6 Å². The summed E-state index contributed by atoms with van der Waals surface area (Å²) in [5, 5.41) is 10.2. The van der Waals surface area contributed by atoms with Crippen LogP contribution in [0.25, 0.3) is 0 Å². The van der Waals surface area contributed by atoms with Crippen molar-refractivity contribution in [2.45, 2.75) is 13.0 Å². The third kappa shape index (κ3) is 2.60. The maximum atomic E-state index is 13.7. The second-order valence-electron chi connectivity index (χ2n) is 4.09. The zero-order valence-corrected chi connectivity index (χ0v) is 11.2. The number of aliphatic hydroxyl groups excluding tert-OH is 1. The molecule has 1 unspecified atom stereocenters. The van der Waals surface area contributed by atoms with Crippen molar-refractivity contribution in [2.75, 3.05) is 0 Å². The highest BCUT2D eigenvalue weighted by molar-refractivity contribution is 9.10.